The van der Waals surface area contributed by atoms with Gasteiger partial charge in [0.25, 0.3) is 0 Å². The van der Waals surface area contributed by atoms with E-state index in [1.54, 1.807) is 0 Å². The third-order valence-electron chi connectivity index (χ3n) is 5.94. The second kappa shape index (κ2) is 4.86. The average Bonchev–Trinajstić information content (AvgIpc) is 2.44. The molecule has 3 nitrogen and oxygen atoms in total. The summed E-state index contributed by atoms with van der Waals surface area (Å²) in [5.41, 5.74) is 0. The molecule has 4 saturated heterocycles. The van der Waals surface area contributed by atoms with E-state index < -0.39 is 0 Å². The van der Waals surface area contributed by atoms with Crippen molar-refractivity contribution >= 4 is 28.5 Å². The topological polar surface area (TPSA) is 23.6 Å². The number of piperidine rings is 4. The van der Waals surface area contributed by atoms with Gasteiger partial charge in [0, 0.05) is 18.6 Å². The Bertz CT molecular complexity index is 386. The lowest BCUT2D eigenvalue weighted by atomic mass is 9.68. The van der Waals surface area contributed by atoms with Gasteiger partial charge in [-0.15, -0.1) is 0 Å². The third-order valence-corrected chi connectivity index (χ3v) is 7.09. The summed E-state index contributed by atoms with van der Waals surface area (Å²) in [7, 11) is 0. The highest BCUT2D eigenvalue weighted by molar-refractivity contribution is 14.1. The molecule has 0 radical (unpaired) electrons. The molecule has 0 N–H and O–H groups in total. The zero-order chi connectivity index (χ0) is 13.0. The molecule has 4 heteroatoms. The molecule has 4 aliphatic heterocycles. The number of hydrogen-bond donors (Lipinski definition) is 0. The van der Waals surface area contributed by atoms with E-state index in [9.17, 15) is 4.79 Å². The molecule has 106 valence electrons. The van der Waals surface area contributed by atoms with Gasteiger partial charge >= 0.3 is 0 Å². The minimum Gasteiger partial charge on any atom is -0.338 e. The zero-order valence-corrected chi connectivity index (χ0v) is 13.6. The first kappa shape index (κ1) is 12.9. The van der Waals surface area contributed by atoms with Gasteiger partial charge in [0.2, 0.25) is 5.91 Å². The number of carbonyl (C=O) groups is 1. The summed E-state index contributed by atoms with van der Waals surface area (Å²) in [5, 5.41) is 0. The predicted molar refractivity (Wildman–Crippen MR) is 83.4 cm³/mol. The van der Waals surface area contributed by atoms with E-state index in [0.29, 0.717) is 11.9 Å². The first-order chi connectivity index (χ1) is 9.25. The Morgan fingerprint density at radius 2 is 1.84 bits per heavy atom. The summed E-state index contributed by atoms with van der Waals surface area (Å²) < 4.78 is 0.244. The van der Waals surface area contributed by atoms with Crippen molar-refractivity contribution in [2.45, 2.75) is 54.5 Å². The standard InChI is InChI=1S/C15H23IN2O/c16-12-5-6-13-11-4-2-8-17-7-1-3-10(14(11)17)9-18(13)15(12)19/h10-14H,1-9H2/t10-,11+,12?,13+,14-/m0/s1. The summed E-state index contributed by atoms with van der Waals surface area (Å²) in [4.78, 5) is 17.6. The van der Waals surface area contributed by atoms with Crippen molar-refractivity contribution < 1.29 is 4.79 Å². The largest absolute Gasteiger partial charge is 0.338 e. The van der Waals surface area contributed by atoms with Crippen LogP contribution in [0.2, 0.25) is 0 Å². The first-order valence-corrected chi connectivity index (χ1v) is 9.19. The number of carbonyl (C=O) groups excluding carboxylic acids is 1. The molecular formula is C15H23IN2O. The Labute approximate surface area is 129 Å². The summed E-state index contributed by atoms with van der Waals surface area (Å²) in [6.07, 6.45) is 7.75. The number of hydrogen-bond acceptors (Lipinski definition) is 2. The third kappa shape index (κ3) is 1.96. The van der Waals surface area contributed by atoms with Gasteiger partial charge in [-0.2, -0.15) is 0 Å². The van der Waals surface area contributed by atoms with Gasteiger partial charge in [0.05, 0.1) is 3.92 Å². The minimum atomic E-state index is 0.244. The molecule has 5 atom stereocenters. The van der Waals surface area contributed by atoms with Crippen LogP contribution >= 0.6 is 22.6 Å². The molecule has 4 rings (SSSR count). The van der Waals surface area contributed by atoms with E-state index >= 15 is 0 Å². The average molecular weight is 374 g/mol. The van der Waals surface area contributed by atoms with Crippen molar-refractivity contribution in [3.05, 3.63) is 0 Å². The van der Waals surface area contributed by atoms with Gasteiger partial charge in [-0.1, -0.05) is 22.6 Å². The van der Waals surface area contributed by atoms with Crippen LogP contribution in [0.3, 0.4) is 0 Å². The number of halogens is 1. The van der Waals surface area contributed by atoms with Crippen LogP contribution in [0.1, 0.15) is 38.5 Å². The monoisotopic (exact) mass is 374 g/mol. The fourth-order valence-electron chi connectivity index (χ4n) is 5.24. The molecule has 1 unspecified atom stereocenters. The van der Waals surface area contributed by atoms with E-state index in [-0.39, 0.29) is 3.92 Å². The number of fused-ring (bicyclic) bond motifs is 2. The molecular weight excluding hydrogens is 351 g/mol. The lowest BCUT2D eigenvalue weighted by Crippen LogP contribution is -2.67. The zero-order valence-electron chi connectivity index (χ0n) is 11.4. The van der Waals surface area contributed by atoms with E-state index in [1.807, 2.05) is 0 Å². The van der Waals surface area contributed by atoms with E-state index in [4.69, 9.17) is 0 Å². The number of amides is 1. The van der Waals surface area contributed by atoms with E-state index in [2.05, 4.69) is 32.4 Å². The Morgan fingerprint density at radius 3 is 2.68 bits per heavy atom. The van der Waals surface area contributed by atoms with Crippen LogP contribution in [0.4, 0.5) is 0 Å². The maximum absolute atomic E-state index is 12.5. The van der Waals surface area contributed by atoms with Crippen LogP contribution in [0, 0.1) is 11.8 Å². The molecule has 0 aliphatic carbocycles. The van der Waals surface area contributed by atoms with Crippen molar-refractivity contribution in [2.75, 3.05) is 19.6 Å². The van der Waals surface area contributed by atoms with Crippen LogP contribution in [0.25, 0.3) is 0 Å². The Balaban J connectivity index is 1.65. The van der Waals surface area contributed by atoms with Crippen LogP contribution in [-0.4, -0.2) is 51.3 Å². The lowest BCUT2D eigenvalue weighted by molar-refractivity contribution is -0.149. The Hall–Kier alpha value is 0.160. The predicted octanol–water partition coefficient (Wildman–Crippen LogP) is 2.29. The molecule has 4 fully saturated rings. The van der Waals surface area contributed by atoms with Crippen molar-refractivity contribution in [2.24, 2.45) is 11.8 Å². The smallest absolute Gasteiger partial charge is 0.235 e. The number of rotatable bonds is 0. The highest BCUT2D eigenvalue weighted by atomic mass is 127. The number of alkyl halides is 1. The van der Waals surface area contributed by atoms with Crippen LogP contribution in [0.15, 0.2) is 0 Å². The van der Waals surface area contributed by atoms with Crippen LogP contribution < -0.4 is 0 Å². The summed E-state index contributed by atoms with van der Waals surface area (Å²) in [5.74, 6) is 1.99. The normalized spacial score (nSPS) is 46.7. The first-order valence-electron chi connectivity index (χ1n) is 7.94. The second-order valence-corrected chi connectivity index (χ2v) is 8.34. The SMILES string of the molecule is O=C1C(I)CC[C@@H]2[C@H]3CCCN4CCC[C@@H](CN12)[C@@H]34. The highest BCUT2D eigenvalue weighted by Crippen LogP contribution is 2.45. The molecule has 1 amide bonds. The number of nitrogens with zero attached hydrogens (tertiary/aromatic N) is 2. The Kier molecular flexibility index (Phi) is 3.29. The molecule has 0 aromatic heterocycles. The quantitative estimate of drug-likeness (QED) is 0.480. The van der Waals surface area contributed by atoms with Crippen molar-refractivity contribution in [1.29, 1.82) is 0 Å². The fraction of sp³-hybridized carbons (Fsp3) is 0.933. The maximum atomic E-state index is 12.5. The summed E-state index contributed by atoms with van der Waals surface area (Å²) >= 11 is 2.36. The molecule has 0 spiro atoms. The van der Waals surface area contributed by atoms with Crippen LogP contribution in [0.5, 0.6) is 0 Å². The van der Waals surface area contributed by atoms with E-state index in [0.717, 1.165) is 30.8 Å². The van der Waals surface area contributed by atoms with Gasteiger partial charge in [-0.05, 0) is 63.5 Å². The van der Waals surface area contributed by atoms with Crippen molar-refractivity contribution in [1.82, 2.24) is 9.80 Å². The molecule has 0 aromatic rings. The van der Waals surface area contributed by atoms with Gasteiger partial charge in [0.1, 0.15) is 0 Å². The molecule has 0 aromatic carbocycles. The maximum Gasteiger partial charge on any atom is 0.235 e. The molecule has 19 heavy (non-hydrogen) atoms. The van der Waals surface area contributed by atoms with Crippen molar-refractivity contribution in [3.8, 4) is 0 Å². The minimum absolute atomic E-state index is 0.244. The second-order valence-electron chi connectivity index (χ2n) is 6.84. The molecule has 0 bridgehead atoms. The van der Waals surface area contributed by atoms with Gasteiger partial charge < -0.3 is 4.90 Å². The molecule has 4 heterocycles. The Morgan fingerprint density at radius 1 is 1.05 bits per heavy atom. The fourth-order valence-corrected chi connectivity index (χ4v) is 5.96. The lowest BCUT2D eigenvalue weighted by Gasteiger charge is -2.59. The van der Waals surface area contributed by atoms with Gasteiger partial charge in [-0.3, -0.25) is 9.69 Å². The van der Waals surface area contributed by atoms with Crippen LogP contribution in [-0.2, 0) is 4.79 Å². The highest BCUT2D eigenvalue weighted by Gasteiger charge is 2.51. The molecule has 0 saturated carbocycles. The summed E-state index contributed by atoms with van der Waals surface area (Å²) in [6, 6.07) is 1.38. The van der Waals surface area contributed by atoms with Gasteiger partial charge in [-0.25, -0.2) is 0 Å². The molecule has 4 aliphatic rings. The van der Waals surface area contributed by atoms with Crippen molar-refractivity contribution in [3.63, 3.8) is 0 Å². The van der Waals surface area contributed by atoms with E-state index in [1.165, 1.54) is 45.2 Å². The van der Waals surface area contributed by atoms with Gasteiger partial charge in [0.15, 0.2) is 0 Å². The summed E-state index contributed by atoms with van der Waals surface area (Å²) in [6.45, 7) is 3.68.